The van der Waals surface area contributed by atoms with Gasteiger partial charge in [-0.25, -0.2) is 4.98 Å². The van der Waals surface area contributed by atoms with Crippen LogP contribution in [-0.4, -0.2) is 35.5 Å². The van der Waals surface area contributed by atoms with Crippen LogP contribution in [0.2, 0.25) is 0 Å². The summed E-state index contributed by atoms with van der Waals surface area (Å²) in [7, 11) is 0. The van der Waals surface area contributed by atoms with E-state index in [2.05, 4.69) is 32.3 Å². The number of hydrogen-bond donors (Lipinski definition) is 2. The Morgan fingerprint density at radius 2 is 1.96 bits per heavy atom. The second-order valence-corrected chi connectivity index (χ2v) is 6.44. The molecule has 0 aliphatic carbocycles. The zero-order chi connectivity index (χ0) is 17.1. The van der Waals surface area contributed by atoms with Crippen molar-refractivity contribution in [3.63, 3.8) is 0 Å². The summed E-state index contributed by atoms with van der Waals surface area (Å²) in [5, 5.41) is 4.20. The van der Waals surface area contributed by atoms with Crippen LogP contribution < -0.4 is 10.2 Å². The molecule has 1 aliphatic heterocycles. The number of aromatic nitrogens is 2. The van der Waals surface area contributed by atoms with Gasteiger partial charge in [-0.3, -0.25) is 4.79 Å². The number of hydrogen-bond acceptors (Lipinski definition) is 3. The lowest BCUT2D eigenvalue weighted by Crippen LogP contribution is -2.27. The van der Waals surface area contributed by atoms with Crippen LogP contribution in [0.15, 0.2) is 48.7 Å². The second-order valence-electron chi connectivity index (χ2n) is 6.44. The fourth-order valence-corrected chi connectivity index (χ4v) is 3.41. The average Bonchev–Trinajstić information content (AvgIpc) is 3.32. The number of H-pyrrole nitrogens is 1. The predicted octanol–water partition coefficient (Wildman–Crippen LogP) is 3.14. The first-order chi connectivity index (χ1) is 12.3. The maximum absolute atomic E-state index is 12.4. The average molecular weight is 334 g/mol. The molecule has 5 nitrogen and oxygen atoms in total. The zero-order valence-electron chi connectivity index (χ0n) is 14.2. The van der Waals surface area contributed by atoms with Crippen molar-refractivity contribution in [2.75, 3.05) is 24.5 Å². The standard InChI is InChI=1S/C20H22N4O/c25-20(18-8-5-9-19(23-18)24-12-3-4-13-24)21-11-10-15-14-22-17-7-2-1-6-16(15)17/h1-2,5-9,14,22H,3-4,10-13H2,(H,21,25). The monoisotopic (exact) mass is 334 g/mol. The van der Waals surface area contributed by atoms with Gasteiger partial charge in [0.05, 0.1) is 0 Å². The highest BCUT2D eigenvalue weighted by molar-refractivity contribution is 5.92. The first kappa shape index (κ1) is 15.7. The minimum Gasteiger partial charge on any atom is -0.361 e. The lowest BCUT2D eigenvalue weighted by atomic mass is 10.1. The third-order valence-corrected chi connectivity index (χ3v) is 4.75. The van der Waals surface area contributed by atoms with Crippen molar-refractivity contribution < 1.29 is 4.79 Å². The molecule has 0 spiro atoms. The van der Waals surface area contributed by atoms with E-state index in [-0.39, 0.29) is 5.91 Å². The van der Waals surface area contributed by atoms with Gasteiger partial charge >= 0.3 is 0 Å². The molecule has 0 atom stereocenters. The van der Waals surface area contributed by atoms with E-state index in [0.29, 0.717) is 12.2 Å². The van der Waals surface area contributed by atoms with E-state index >= 15 is 0 Å². The van der Waals surface area contributed by atoms with E-state index in [1.165, 1.54) is 23.8 Å². The van der Waals surface area contributed by atoms with Crippen LogP contribution in [0, 0.1) is 0 Å². The number of nitrogens with zero attached hydrogens (tertiary/aromatic N) is 2. The number of rotatable bonds is 5. The number of fused-ring (bicyclic) bond motifs is 1. The molecule has 3 aromatic rings. The molecule has 1 aromatic carbocycles. The maximum atomic E-state index is 12.4. The summed E-state index contributed by atoms with van der Waals surface area (Å²) in [5.74, 6) is 0.794. The number of carbonyl (C=O) groups excluding carboxylic acids is 1. The third kappa shape index (κ3) is 3.36. The van der Waals surface area contributed by atoms with E-state index in [4.69, 9.17) is 0 Å². The normalized spacial score (nSPS) is 14.2. The van der Waals surface area contributed by atoms with Crippen LogP contribution in [-0.2, 0) is 6.42 Å². The fourth-order valence-electron chi connectivity index (χ4n) is 3.41. The number of carbonyl (C=O) groups is 1. The Morgan fingerprint density at radius 3 is 2.84 bits per heavy atom. The van der Waals surface area contributed by atoms with E-state index in [9.17, 15) is 4.79 Å². The summed E-state index contributed by atoms with van der Waals surface area (Å²) >= 11 is 0. The number of amides is 1. The van der Waals surface area contributed by atoms with Crippen LogP contribution in [0.25, 0.3) is 10.9 Å². The van der Waals surface area contributed by atoms with Crippen LogP contribution in [0.4, 0.5) is 5.82 Å². The summed E-state index contributed by atoms with van der Waals surface area (Å²) in [6.07, 6.45) is 5.20. The van der Waals surface area contributed by atoms with Crippen LogP contribution in [0.5, 0.6) is 0 Å². The van der Waals surface area contributed by atoms with Crippen molar-refractivity contribution in [1.29, 1.82) is 0 Å². The molecule has 1 aliphatic rings. The number of pyridine rings is 1. The number of aromatic amines is 1. The Labute approximate surface area is 147 Å². The molecule has 25 heavy (non-hydrogen) atoms. The smallest absolute Gasteiger partial charge is 0.269 e. The van der Waals surface area contributed by atoms with E-state index in [1.54, 1.807) is 6.07 Å². The van der Waals surface area contributed by atoms with E-state index in [1.807, 2.05) is 30.5 Å². The van der Waals surface area contributed by atoms with Crippen molar-refractivity contribution in [3.8, 4) is 0 Å². The minimum absolute atomic E-state index is 0.110. The van der Waals surface area contributed by atoms with Crippen molar-refractivity contribution in [1.82, 2.24) is 15.3 Å². The Kier molecular flexibility index (Phi) is 4.37. The van der Waals surface area contributed by atoms with Crippen LogP contribution in [0.1, 0.15) is 28.9 Å². The quantitative estimate of drug-likeness (QED) is 0.753. The number of benzene rings is 1. The van der Waals surface area contributed by atoms with Gasteiger partial charge < -0.3 is 15.2 Å². The third-order valence-electron chi connectivity index (χ3n) is 4.75. The van der Waals surface area contributed by atoms with Gasteiger partial charge in [-0.2, -0.15) is 0 Å². The van der Waals surface area contributed by atoms with Gasteiger partial charge in [0.25, 0.3) is 5.91 Å². The van der Waals surface area contributed by atoms with E-state index in [0.717, 1.165) is 30.8 Å². The molecule has 0 bridgehead atoms. The summed E-state index contributed by atoms with van der Waals surface area (Å²) in [4.78, 5) is 22.4. The molecule has 1 amide bonds. The van der Waals surface area contributed by atoms with Crippen molar-refractivity contribution >= 4 is 22.6 Å². The van der Waals surface area contributed by atoms with Gasteiger partial charge in [-0.15, -0.1) is 0 Å². The second kappa shape index (κ2) is 6.97. The summed E-state index contributed by atoms with van der Waals surface area (Å²) < 4.78 is 0. The van der Waals surface area contributed by atoms with Crippen molar-refractivity contribution in [2.24, 2.45) is 0 Å². The van der Waals surface area contributed by atoms with Crippen LogP contribution >= 0.6 is 0 Å². The first-order valence-corrected chi connectivity index (χ1v) is 8.86. The van der Waals surface area contributed by atoms with Crippen molar-refractivity contribution in [2.45, 2.75) is 19.3 Å². The Balaban J connectivity index is 1.38. The maximum Gasteiger partial charge on any atom is 0.269 e. The molecular weight excluding hydrogens is 312 g/mol. The molecule has 5 heteroatoms. The lowest BCUT2D eigenvalue weighted by molar-refractivity contribution is 0.0949. The molecule has 0 radical (unpaired) electrons. The minimum atomic E-state index is -0.110. The molecule has 2 N–H and O–H groups in total. The highest BCUT2D eigenvalue weighted by Crippen LogP contribution is 2.19. The van der Waals surface area contributed by atoms with Gasteiger partial charge in [0.15, 0.2) is 0 Å². The number of anilines is 1. The first-order valence-electron chi connectivity index (χ1n) is 8.86. The Morgan fingerprint density at radius 1 is 1.12 bits per heavy atom. The lowest BCUT2D eigenvalue weighted by Gasteiger charge is -2.16. The van der Waals surface area contributed by atoms with E-state index < -0.39 is 0 Å². The highest BCUT2D eigenvalue weighted by atomic mass is 16.1. The summed E-state index contributed by atoms with van der Waals surface area (Å²) in [5.41, 5.74) is 2.84. The van der Waals surface area contributed by atoms with Crippen LogP contribution in [0.3, 0.4) is 0 Å². The fraction of sp³-hybridized carbons (Fsp3) is 0.300. The van der Waals surface area contributed by atoms with Gasteiger partial charge in [0.1, 0.15) is 11.5 Å². The molecule has 1 fully saturated rings. The molecular formula is C20H22N4O. The predicted molar refractivity (Wildman–Crippen MR) is 100 cm³/mol. The molecule has 0 saturated carbocycles. The topological polar surface area (TPSA) is 61.0 Å². The molecule has 2 aromatic heterocycles. The van der Waals surface area contributed by atoms with Gasteiger partial charge in [0, 0.05) is 36.7 Å². The number of para-hydroxylation sites is 1. The largest absolute Gasteiger partial charge is 0.361 e. The Bertz CT molecular complexity index is 880. The zero-order valence-corrected chi connectivity index (χ0v) is 14.2. The van der Waals surface area contributed by atoms with Gasteiger partial charge in [-0.1, -0.05) is 24.3 Å². The van der Waals surface area contributed by atoms with Gasteiger partial charge in [-0.05, 0) is 43.0 Å². The molecule has 1 saturated heterocycles. The van der Waals surface area contributed by atoms with Gasteiger partial charge in [0.2, 0.25) is 0 Å². The molecule has 0 unspecified atom stereocenters. The summed E-state index contributed by atoms with van der Waals surface area (Å²) in [6, 6.07) is 13.9. The SMILES string of the molecule is O=C(NCCc1c[nH]c2ccccc12)c1cccc(N2CCCC2)n1. The summed E-state index contributed by atoms with van der Waals surface area (Å²) in [6.45, 7) is 2.65. The molecule has 3 heterocycles. The Hall–Kier alpha value is -2.82. The number of nitrogens with one attached hydrogen (secondary N) is 2. The molecule has 4 rings (SSSR count). The highest BCUT2D eigenvalue weighted by Gasteiger charge is 2.15. The molecule has 128 valence electrons. The van der Waals surface area contributed by atoms with Crippen molar-refractivity contribution in [3.05, 3.63) is 59.9 Å².